The van der Waals surface area contributed by atoms with Gasteiger partial charge in [0, 0.05) is 6.54 Å². The van der Waals surface area contributed by atoms with Gasteiger partial charge < -0.3 is 10.6 Å². The minimum Gasteiger partial charge on any atom is -0.360 e. The summed E-state index contributed by atoms with van der Waals surface area (Å²) in [6, 6.07) is -0.421. The van der Waals surface area contributed by atoms with Crippen molar-refractivity contribution in [3.8, 4) is 0 Å². The molecule has 2 N–H and O–H groups in total. The van der Waals surface area contributed by atoms with Crippen LogP contribution < -0.4 is 10.6 Å². The molecule has 20 heavy (non-hydrogen) atoms. The normalized spacial score (nSPS) is 12.2. The highest BCUT2D eigenvalue weighted by molar-refractivity contribution is 8.01. The number of Topliss-reactive ketones (excluding diaryl/α,β-unsaturated/α-hetero) is 1. The van der Waals surface area contributed by atoms with Crippen molar-refractivity contribution < 1.29 is 9.59 Å². The van der Waals surface area contributed by atoms with Crippen molar-refractivity contribution in [1.29, 1.82) is 0 Å². The van der Waals surface area contributed by atoms with Crippen molar-refractivity contribution >= 4 is 39.9 Å². The van der Waals surface area contributed by atoms with Gasteiger partial charge >= 0.3 is 0 Å². The van der Waals surface area contributed by atoms with Crippen molar-refractivity contribution in [2.24, 2.45) is 5.92 Å². The second kappa shape index (κ2) is 8.21. The van der Waals surface area contributed by atoms with Crippen LogP contribution >= 0.6 is 23.1 Å². The van der Waals surface area contributed by atoms with Crippen LogP contribution in [0, 0.1) is 5.92 Å². The molecule has 1 heterocycles. The van der Waals surface area contributed by atoms with E-state index in [9.17, 15) is 9.59 Å². The molecule has 1 unspecified atom stereocenters. The Bertz CT molecular complexity index is 462. The zero-order valence-electron chi connectivity index (χ0n) is 12.1. The lowest BCUT2D eigenvalue weighted by Gasteiger charge is -2.19. The maximum Gasteiger partial charge on any atom is 0.231 e. The molecular weight excluding hydrogens is 296 g/mol. The van der Waals surface area contributed by atoms with E-state index in [4.69, 9.17) is 0 Å². The van der Waals surface area contributed by atoms with E-state index in [1.165, 1.54) is 30.0 Å². The fraction of sp³-hybridized carbons (Fsp3) is 0.667. The molecule has 0 bridgehead atoms. The smallest absolute Gasteiger partial charge is 0.231 e. The lowest BCUT2D eigenvalue weighted by Crippen LogP contribution is -2.44. The van der Waals surface area contributed by atoms with Crippen LogP contribution in [0.1, 0.15) is 27.7 Å². The van der Waals surface area contributed by atoms with E-state index in [0.717, 1.165) is 16.0 Å². The molecule has 1 atom stereocenters. The number of nitrogens with zero attached hydrogens (tertiary/aromatic N) is 2. The highest BCUT2D eigenvalue weighted by Gasteiger charge is 2.20. The molecule has 0 aliphatic rings. The van der Waals surface area contributed by atoms with E-state index < -0.39 is 6.04 Å². The highest BCUT2D eigenvalue weighted by Crippen LogP contribution is 2.25. The fourth-order valence-corrected chi connectivity index (χ4v) is 3.20. The number of thioether (sulfide) groups is 1. The van der Waals surface area contributed by atoms with Crippen molar-refractivity contribution in [3.63, 3.8) is 0 Å². The Morgan fingerprint density at radius 3 is 2.60 bits per heavy atom. The summed E-state index contributed by atoms with van der Waals surface area (Å²) in [5.41, 5.74) is 0. The molecule has 6 nitrogen and oxygen atoms in total. The summed E-state index contributed by atoms with van der Waals surface area (Å²) in [7, 11) is 0. The lowest BCUT2D eigenvalue weighted by atomic mass is 10.0. The third-order valence-electron chi connectivity index (χ3n) is 2.48. The quantitative estimate of drug-likeness (QED) is 0.711. The summed E-state index contributed by atoms with van der Waals surface area (Å²) in [6.07, 6.45) is 0. The Morgan fingerprint density at radius 1 is 1.35 bits per heavy atom. The van der Waals surface area contributed by atoms with E-state index in [0.29, 0.717) is 0 Å². The standard InChI is InChI=1S/C12H20N4O2S2/c1-5-13-11-15-16-12(20-11)19-6-9(18)14-10(7(2)3)8(4)17/h7,10H,5-6H2,1-4H3,(H,13,15)(H,14,18). The molecule has 0 saturated heterocycles. The van der Waals surface area contributed by atoms with Crippen LogP contribution in [-0.2, 0) is 9.59 Å². The predicted octanol–water partition coefficient (Wildman–Crippen LogP) is 1.79. The van der Waals surface area contributed by atoms with Gasteiger partial charge in [-0.05, 0) is 19.8 Å². The summed E-state index contributed by atoms with van der Waals surface area (Å²) in [5.74, 6) is 0.133. The number of hydrogen-bond acceptors (Lipinski definition) is 7. The fourth-order valence-electron chi connectivity index (χ4n) is 1.57. The Balaban J connectivity index is 2.44. The topological polar surface area (TPSA) is 84.0 Å². The zero-order chi connectivity index (χ0) is 15.1. The Labute approximate surface area is 127 Å². The van der Waals surface area contributed by atoms with Gasteiger partial charge in [-0.2, -0.15) is 0 Å². The van der Waals surface area contributed by atoms with Gasteiger partial charge in [-0.25, -0.2) is 0 Å². The summed E-state index contributed by atoms with van der Waals surface area (Å²) in [6.45, 7) is 8.08. The predicted molar refractivity (Wildman–Crippen MR) is 82.2 cm³/mol. The van der Waals surface area contributed by atoms with Gasteiger partial charge in [0.2, 0.25) is 11.0 Å². The number of ketones is 1. The van der Waals surface area contributed by atoms with E-state index >= 15 is 0 Å². The second-order valence-corrected chi connectivity index (χ2v) is 6.79. The Hall–Kier alpha value is -1.15. The maximum absolute atomic E-state index is 11.8. The molecule has 0 saturated carbocycles. The average Bonchev–Trinajstić information content (AvgIpc) is 2.81. The Kier molecular flexibility index (Phi) is 6.94. The van der Waals surface area contributed by atoms with Crippen molar-refractivity contribution in [1.82, 2.24) is 15.5 Å². The second-order valence-electron chi connectivity index (χ2n) is 4.59. The van der Waals surface area contributed by atoms with E-state index in [1.807, 2.05) is 20.8 Å². The van der Waals surface area contributed by atoms with E-state index in [1.54, 1.807) is 0 Å². The van der Waals surface area contributed by atoms with Gasteiger partial charge in [-0.3, -0.25) is 9.59 Å². The molecule has 0 aliphatic carbocycles. The van der Waals surface area contributed by atoms with Crippen LogP contribution in [0.3, 0.4) is 0 Å². The van der Waals surface area contributed by atoms with Crippen molar-refractivity contribution in [2.75, 3.05) is 17.6 Å². The number of amides is 1. The van der Waals surface area contributed by atoms with Crippen LogP contribution in [0.2, 0.25) is 0 Å². The van der Waals surface area contributed by atoms with Gasteiger partial charge in [0.05, 0.1) is 11.8 Å². The first kappa shape index (κ1) is 16.9. The van der Waals surface area contributed by atoms with Gasteiger partial charge in [0.25, 0.3) is 0 Å². The SMILES string of the molecule is CCNc1nnc(SCC(=O)NC(C(C)=O)C(C)C)s1. The molecule has 0 aliphatic heterocycles. The first-order valence-electron chi connectivity index (χ1n) is 6.44. The van der Waals surface area contributed by atoms with Crippen molar-refractivity contribution in [3.05, 3.63) is 0 Å². The third-order valence-corrected chi connectivity index (χ3v) is 4.50. The van der Waals surface area contributed by atoms with Gasteiger partial charge in [0.15, 0.2) is 10.1 Å². The summed E-state index contributed by atoms with van der Waals surface area (Å²) < 4.78 is 0.736. The van der Waals surface area contributed by atoms with Gasteiger partial charge in [-0.15, -0.1) is 10.2 Å². The minimum atomic E-state index is -0.421. The number of hydrogen-bond donors (Lipinski definition) is 2. The molecule has 0 spiro atoms. The van der Waals surface area contributed by atoms with Crippen LogP contribution in [0.15, 0.2) is 4.34 Å². The van der Waals surface area contributed by atoms with Crippen LogP contribution in [0.25, 0.3) is 0 Å². The first-order valence-corrected chi connectivity index (χ1v) is 8.24. The number of anilines is 1. The molecular formula is C12H20N4O2S2. The maximum atomic E-state index is 11.8. The molecule has 1 aromatic heterocycles. The highest BCUT2D eigenvalue weighted by atomic mass is 32.2. The van der Waals surface area contributed by atoms with Gasteiger partial charge in [-0.1, -0.05) is 36.9 Å². The third kappa shape index (κ3) is 5.46. The molecule has 112 valence electrons. The van der Waals surface area contributed by atoms with Crippen molar-refractivity contribution in [2.45, 2.75) is 38.1 Å². The number of carbonyl (C=O) groups excluding carboxylic acids is 2. The lowest BCUT2D eigenvalue weighted by molar-refractivity contribution is -0.126. The molecule has 0 radical (unpaired) electrons. The number of aromatic nitrogens is 2. The number of nitrogens with one attached hydrogen (secondary N) is 2. The molecule has 1 aromatic rings. The molecule has 1 amide bonds. The van der Waals surface area contributed by atoms with E-state index in [-0.39, 0.29) is 23.4 Å². The summed E-state index contributed by atoms with van der Waals surface area (Å²) in [5, 5.41) is 14.5. The Morgan fingerprint density at radius 2 is 2.05 bits per heavy atom. The van der Waals surface area contributed by atoms with Gasteiger partial charge in [0.1, 0.15) is 0 Å². The van der Waals surface area contributed by atoms with Crippen LogP contribution in [0.5, 0.6) is 0 Å². The average molecular weight is 316 g/mol. The molecule has 1 rings (SSSR count). The number of carbonyl (C=O) groups is 2. The monoisotopic (exact) mass is 316 g/mol. The number of rotatable bonds is 8. The van der Waals surface area contributed by atoms with Crippen LogP contribution in [-0.4, -0.2) is 40.2 Å². The minimum absolute atomic E-state index is 0.0244. The van der Waals surface area contributed by atoms with E-state index in [2.05, 4.69) is 20.8 Å². The first-order chi connectivity index (χ1) is 9.43. The molecule has 0 fully saturated rings. The van der Waals surface area contributed by atoms with Crippen LogP contribution in [0.4, 0.5) is 5.13 Å². The molecule has 0 aromatic carbocycles. The largest absolute Gasteiger partial charge is 0.360 e. The summed E-state index contributed by atoms with van der Waals surface area (Å²) >= 11 is 2.74. The zero-order valence-corrected chi connectivity index (χ0v) is 13.7. The summed E-state index contributed by atoms with van der Waals surface area (Å²) in [4.78, 5) is 23.2. The molecule has 8 heteroatoms.